The monoisotopic (exact) mass is 802 g/mol. The summed E-state index contributed by atoms with van der Waals surface area (Å²) in [4.78, 5) is 4.87. The van der Waals surface area contributed by atoms with Gasteiger partial charge in [-0.05, 0) is 127 Å². The van der Waals surface area contributed by atoms with Gasteiger partial charge in [0.1, 0.15) is 0 Å². The van der Waals surface area contributed by atoms with Crippen molar-refractivity contribution in [3.8, 4) is 44.5 Å². The highest BCUT2D eigenvalue weighted by Gasteiger charge is 2.51. The topological polar surface area (TPSA) is 6.48 Å². The highest BCUT2D eigenvalue weighted by Crippen LogP contribution is 2.63. The molecule has 0 aromatic heterocycles. The van der Waals surface area contributed by atoms with Crippen LogP contribution in [0.25, 0.3) is 44.5 Å². The van der Waals surface area contributed by atoms with Crippen molar-refractivity contribution in [3.05, 3.63) is 277 Å². The van der Waals surface area contributed by atoms with Crippen LogP contribution in [0.3, 0.4) is 0 Å². The number of hydrogen-bond donors (Lipinski definition) is 0. The van der Waals surface area contributed by atoms with Crippen molar-refractivity contribution >= 4 is 34.1 Å². The van der Waals surface area contributed by atoms with Crippen LogP contribution in [-0.4, -0.2) is 0 Å². The molecule has 296 valence electrons. The lowest BCUT2D eigenvalue weighted by Crippen LogP contribution is -2.36. The third kappa shape index (κ3) is 5.87. The SMILES string of the molecule is c1ccc(-c2ccc(N(c3ccc(-c4ccccc4)c(-c4ccccc4)c3)c3ccc4c(c3)-c3ccccc3C43c4ccccc4N(c4ccccc4)c4ccccc43)cc2)cc1. The van der Waals surface area contributed by atoms with E-state index in [-0.39, 0.29) is 0 Å². The molecule has 0 N–H and O–H groups in total. The predicted molar refractivity (Wildman–Crippen MR) is 263 cm³/mol. The van der Waals surface area contributed by atoms with Gasteiger partial charge in [0, 0.05) is 22.7 Å². The van der Waals surface area contributed by atoms with Crippen molar-refractivity contribution in [1.29, 1.82) is 0 Å². The van der Waals surface area contributed by atoms with E-state index in [2.05, 4.69) is 265 Å². The van der Waals surface area contributed by atoms with Crippen LogP contribution in [0.4, 0.5) is 34.1 Å². The fraction of sp³-hybridized carbons (Fsp3) is 0.0164. The Morgan fingerprint density at radius 3 is 1.32 bits per heavy atom. The Balaban J connectivity index is 1.09. The summed E-state index contributed by atoms with van der Waals surface area (Å²) in [5.74, 6) is 0. The zero-order valence-corrected chi connectivity index (χ0v) is 34.6. The summed E-state index contributed by atoms with van der Waals surface area (Å²) in [5, 5.41) is 0. The van der Waals surface area contributed by atoms with Crippen LogP contribution in [0.5, 0.6) is 0 Å². The first-order valence-electron chi connectivity index (χ1n) is 21.8. The minimum absolute atomic E-state index is 0.525. The number of rotatable bonds is 7. The van der Waals surface area contributed by atoms with E-state index in [0.29, 0.717) is 0 Å². The summed E-state index contributed by atoms with van der Waals surface area (Å²) in [5.41, 5.74) is 21.1. The Hall–Kier alpha value is -8.20. The van der Waals surface area contributed by atoms with Crippen molar-refractivity contribution in [2.75, 3.05) is 9.80 Å². The maximum Gasteiger partial charge on any atom is 0.0754 e. The molecule has 1 heterocycles. The standard InChI is InChI=1S/C61H42N2/c1-5-19-43(20-6-1)44-33-35-48(36-34-44)62(49-37-39-51(45-21-7-2-8-22-45)53(41-49)46-23-9-3-10-24-46)50-38-40-56-54(42-50)52-27-13-14-28-55(52)61(56)57-29-15-17-31-59(57)63(47-25-11-4-12-26-47)60-32-18-16-30-58(60)61/h1-42H. The maximum absolute atomic E-state index is 2.44. The largest absolute Gasteiger partial charge is 0.310 e. The lowest BCUT2D eigenvalue weighted by molar-refractivity contribution is 0.752. The molecular formula is C61H42N2. The molecule has 0 unspecified atom stereocenters. The third-order valence-electron chi connectivity index (χ3n) is 13.1. The average molecular weight is 803 g/mol. The third-order valence-corrected chi connectivity index (χ3v) is 13.1. The van der Waals surface area contributed by atoms with Gasteiger partial charge >= 0.3 is 0 Å². The van der Waals surface area contributed by atoms with Crippen molar-refractivity contribution in [3.63, 3.8) is 0 Å². The molecule has 63 heavy (non-hydrogen) atoms. The summed E-state index contributed by atoms with van der Waals surface area (Å²) < 4.78 is 0. The molecule has 0 bridgehead atoms. The molecule has 0 fully saturated rings. The fourth-order valence-corrected chi connectivity index (χ4v) is 10.4. The molecule has 10 aromatic rings. The van der Waals surface area contributed by atoms with Gasteiger partial charge in [0.25, 0.3) is 0 Å². The predicted octanol–water partition coefficient (Wildman–Crippen LogP) is 16.3. The number of para-hydroxylation sites is 3. The average Bonchev–Trinajstić information content (AvgIpc) is 3.65. The van der Waals surface area contributed by atoms with E-state index in [4.69, 9.17) is 0 Å². The molecule has 1 aliphatic heterocycles. The Kier molecular flexibility index (Phi) is 8.76. The van der Waals surface area contributed by atoms with E-state index in [9.17, 15) is 0 Å². The van der Waals surface area contributed by atoms with E-state index in [1.54, 1.807) is 0 Å². The van der Waals surface area contributed by atoms with Crippen LogP contribution in [-0.2, 0) is 5.41 Å². The van der Waals surface area contributed by atoms with E-state index in [0.717, 1.165) is 22.7 Å². The molecule has 0 atom stereocenters. The minimum Gasteiger partial charge on any atom is -0.310 e. The Morgan fingerprint density at radius 1 is 0.270 bits per heavy atom. The van der Waals surface area contributed by atoms with Gasteiger partial charge in [-0.25, -0.2) is 0 Å². The molecule has 1 spiro atoms. The van der Waals surface area contributed by atoms with Crippen molar-refractivity contribution < 1.29 is 0 Å². The number of anilines is 6. The molecule has 0 radical (unpaired) electrons. The van der Waals surface area contributed by atoms with Crippen LogP contribution in [0, 0.1) is 0 Å². The second-order valence-corrected chi connectivity index (χ2v) is 16.4. The first-order valence-corrected chi connectivity index (χ1v) is 21.8. The summed E-state index contributed by atoms with van der Waals surface area (Å²) >= 11 is 0. The van der Waals surface area contributed by atoms with Gasteiger partial charge in [-0.1, -0.05) is 194 Å². The lowest BCUT2D eigenvalue weighted by Gasteiger charge is -2.45. The zero-order chi connectivity index (χ0) is 41.7. The van der Waals surface area contributed by atoms with E-state index in [1.165, 1.54) is 78.1 Å². The van der Waals surface area contributed by atoms with Gasteiger partial charge in [-0.2, -0.15) is 0 Å². The van der Waals surface area contributed by atoms with Gasteiger partial charge in [0.2, 0.25) is 0 Å². The molecule has 10 aromatic carbocycles. The van der Waals surface area contributed by atoms with Crippen LogP contribution in [0.15, 0.2) is 255 Å². The summed E-state index contributed by atoms with van der Waals surface area (Å²) in [6, 6.07) is 93.2. The first kappa shape index (κ1) is 36.6. The lowest BCUT2D eigenvalue weighted by atomic mass is 9.64. The second-order valence-electron chi connectivity index (χ2n) is 16.4. The van der Waals surface area contributed by atoms with Gasteiger partial charge in [-0.3, -0.25) is 0 Å². The van der Waals surface area contributed by atoms with Gasteiger partial charge in [-0.15, -0.1) is 0 Å². The molecule has 12 rings (SSSR count). The molecule has 0 saturated carbocycles. The smallest absolute Gasteiger partial charge is 0.0754 e. The Bertz CT molecular complexity index is 3220. The molecule has 0 amide bonds. The molecule has 1 aliphatic carbocycles. The Labute approximate surface area is 369 Å². The fourth-order valence-electron chi connectivity index (χ4n) is 10.4. The van der Waals surface area contributed by atoms with Crippen LogP contribution < -0.4 is 9.80 Å². The Morgan fingerprint density at radius 2 is 0.698 bits per heavy atom. The normalized spacial score (nSPS) is 12.9. The van der Waals surface area contributed by atoms with Gasteiger partial charge in [0.05, 0.1) is 16.8 Å². The van der Waals surface area contributed by atoms with Crippen molar-refractivity contribution in [2.45, 2.75) is 5.41 Å². The summed E-state index contributed by atoms with van der Waals surface area (Å²) in [6.07, 6.45) is 0. The first-order chi connectivity index (χ1) is 31.3. The number of fused-ring (bicyclic) bond motifs is 9. The number of hydrogen-bond acceptors (Lipinski definition) is 2. The molecule has 0 saturated heterocycles. The minimum atomic E-state index is -0.525. The van der Waals surface area contributed by atoms with Crippen LogP contribution in [0.2, 0.25) is 0 Å². The van der Waals surface area contributed by atoms with Crippen LogP contribution >= 0.6 is 0 Å². The van der Waals surface area contributed by atoms with Crippen molar-refractivity contribution in [1.82, 2.24) is 0 Å². The highest BCUT2D eigenvalue weighted by atomic mass is 15.2. The van der Waals surface area contributed by atoms with Crippen LogP contribution in [0.1, 0.15) is 22.3 Å². The van der Waals surface area contributed by atoms with Gasteiger partial charge in [0.15, 0.2) is 0 Å². The van der Waals surface area contributed by atoms with E-state index in [1.807, 2.05) is 0 Å². The molecule has 2 aliphatic rings. The summed E-state index contributed by atoms with van der Waals surface area (Å²) in [6.45, 7) is 0. The van der Waals surface area contributed by atoms with E-state index >= 15 is 0 Å². The van der Waals surface area contributed by atoms with Gasteiger partial charge < -0.3 is 9.80 Å². The molecular weight excluding hydrogens is 761 g/mol. The second kappa shape index (κ2) is 15.1. The quantitative estimate of drug-likeness (QED) is 0.158. The maximum atomic E-state index is 2.44. The number of benzene rings is 10. The summed E-state index contributed by atoms with van der Waals surface area (Å²) in [7, 11) is 0. The van der Waals surface area contributed by atoms with Crippen molar-refractivity contribution in [2.24, 2.45) is 0 Å². The van der Waals surface area contributed by atoms with E-state index < -0.39 is 5.41 Å². The highest BCUT2D eigenvalue weighted by molar-refractivity contribution is 5.97. The molecule has 2 heteroatoms. The molecule has 2 nitrogen and oxygen atoms in total. The number of nitrogens with zero attached hydrogens (tertiary/aromatic N) is 2. The zero-order valence-electron chi connectivity index (χ0n) is 34.6.